The van der Waals surface area contributed by atoms with Crippen molar-refractivity contribution >= 4 is 11.6 Å². The fourth-order valence-electron chi connectivity index (χ4n) is 2.30. The van der Waals surface area contributed by atoms with Crippen LogP contribution in [-0.4, -0.2) is 19.1 Å². The summed E-state index contributed by atoms with van der Waals surface area (Å²) in [5, 5.41) is 2.84. The fourth-order valence-corrected chi connectivity index (χ4v) is 2.30. The Balaban J connectivity index is 1.86. The summed E-state index contributed by atoms with van der Waals surface area (Å²) in [5.74, 6) is 1.90. The molecule has 4 nitrogen and oxygen atoms in total. The molecule has 0 radical (unpaired) electrons. The maximum atomic E-state index is 12.1. The third-order valence-corrected chi connectivity index (χ3v) is 4.00. The number of anilines is 1. The number of rotatable bonds is 8. The van der Waals surface area contributed by atoms with Crippen molar-refractivity contribution in [2.45, 2.75) is 34.1 Å². The van der Waals surface area contributed by atoms with E-state index in [1.807, 2.05) is 56.3 Å². The highest BCUT2D eigenvalue weighted by atomic mass is 16.5. The number of carbonyl (C=O) groups is 1. The molecule has 0 saturated heterocycles. The topological polar surface area (TPSA) is 47.6 Å². The quantitative estimate of drug-likeness (QED) is 0.754. The number of aryl methyl sites for hydroxylation is 1. The first-order chi connectivity index (χ1) is 12.0. The summed E-state index contributed by atoms with van der Waals surface area (Å²) in [6.07, 6.45) is 1.00. The summed E-state index contributed by atoms with van der Waals surface area (Å²) in [5.41, 5.74) is 2.90. The number of carbonyl (C=O) groups excluding carboxylic acids is 1. The zero-order chi connectivity index (χ0) is 18.2. The third kappa shape index (κ3) is 6.14. The lowest BCUT2D eigenvalue weighted by molar-refractivity contribution is -0.118. The van der Waals surface area contributed by atoms with E-state index in [-0.39, 0.29) is 12.5 Å². The van der Waals surface area contributed by atoms with Gasteiger partial charge in [-0.3, -0.25) is 4.79 Å². The second kappa shape index (κ2) is 9.11. The molecule has 0 bridgehead atoms. The highest BCUT2D eigenvalue weighted by Crippen LogP contribution is 2.21. The molecule has 0 aliphatic carbocycles. The minimum Gasteiger partial charge on any atom is -0.494 e. The van der Waals surface area contributed by atoms with E-state index in [4.69, 9.17) is 9.47 Å². The Morgan fingerprint density at radius 2 is 1.84 bits per heavy atom. The van der Waals surface area contributed by atoms with Crippen molar-refractivity contribution in [3.63, 3.8) is 0 Å². The van der Waals surface area contributed by atoms with Crippen LogP contribution in [0.25, 0.3) is 0 Å². The van der Waals surface area contributed by atoms with E-state index >= 15 is 0 Å². The molecule has 134 valence electrons. The Bertz CT molecular complexity index is 710. The molecule has 25 heavy (non-hydrogen) atoms. The molecule has 0 heterocycles. The number of hydrogen-bond donors (Lipinski definition) is 1. The van der Waals surface area contributed by atoms with Crippen molar-refractivity contribution in [3.05, 3.63) is 53.6 Å². The zero-order valence-corrected chi connectivity index (χ0v) is 15.5. The summed E-state index contributed by atoms with van der Waals surface area (Å²) in [6.45, 7) is 8.98. The summed E-state index contributed by atoms with van der Waals surface area (Å²) in [4.78, 5) is 12.1. The first-order valence-electron chi connectivity index (χ1n) is 8.67. The van der Waals surface area contributed by atoms with Gasteiger partial charge >= 0.3 is 0 Å². The maximum Gasteiger partial charge on any atom is 0.262 e. The Morgan fingerprint density at radius 1 is 1.08 bits per heavy atom. The number of benzene rings is 2. The second-order valence-corrected chi connectivity index (χ2v) is 6.59. The summed E-state index contributed by atoms with van der Waals surface area (Å²) >= 11 is 0. The molecule has 2 aromatic carbocycles. The van der Waals surface area contributed by atoms with Gasteiger partial charge < -0.3 is 14.8 Å². The highest BCUT2D eigenvalue weighted by molar-refractivity contribution is 5.92. The van der Waals surface area contributed by atoms with Crippen LogP contribution in [0.4, 0.5) is 5.69 Å². The van der Waals surface area contributed by atoms with Gasteiger partial charge in [-0.05, 0) is 55.5 Å². The van der Waals surface area contributed by atoms with Gasteiger partial charge in [0, 0.05) is 11.8 Å². The van der Waals surface area contributed by atoms with Gasteiger partial charge in [0.15, 0.2) is 6.61 Å². The van der Waals surface area contributed by atoms with Gasteiger partial charge in [-0.25, -0.2) is 0 Å². The number of ether oxygens (including phenoxy) is 2. The van der Waals surface area contributed by atoms with Crippen LogP contribution in [0.5, 0.6) is 11.5 Å². The molecule has 0 aliphatic rings. The van der Waals surface area contributed by atoms with Crippen molar-refractivity contribution in [2.24, 2.45) is 5.92 Å². The fraction of sp³-hybridized carbons (Fsp3) is 0.381. The zero-order valence-electron chi connectivity index (χ0n) is 15.5. The largest absolute Gasteiger partial charge is 0.494 e. The molecule has 1 N–H and O–H groups in total. The van der Waals surface area contributed by atoms with Crippen molar-refractivity contribution in [1.29, 1.82) is 0 Å². The molecular formula is C21H27NO3. The third-order valence-electron chi connectivity index (χ3n) is 4.00. The van der Waals surface area contributed by atoms with Crippen LogP contribution in [0, 0.1) is 19.8 Å². The molecule has 1 amide bonds. The average Bonchev–Trinajstić information content (AvgIpc) is 2.56. The van der Waals surface area contributed by atoms with Crippen LogP contribution in [0.15, 0.2) is 42.5 Å². The Labute approximate surface area is 150 Å². The second-order valence-electron chi connectivity index (χ2n) is 6.59. The van der Waals surface area contributed by atoms with Crippen molar-refractivity contribution in [3.8, 4) is 11.5 Å². The first-order valence-corrected chi connectivity index (χ1v) is 8.67. The lowest BCUT2D eigenvalue weighted by Crippen LogP contribution is -2.20. The Kier molecular flexibility index (Phi) is 6.87. The highest BCUT2D eigenvalue weighted by Gasteiger charge is 2.07. The van der Waals surface area contributed by atoms with E-state index < -0.39 is 0 Å². The van der Waals surface area contributed by atoms with E-state index in [1.54, 1.807) is 0 Å². The van der Waals surface area contributed by atoms with E-state index in [2.05, 4.69) is 19.2 Å². The van der Waals surface area contributed by atoms with E-state index in [9.17, 15) is 4.79 Å². The predicted molar refractivity (Wildman–Crippen MR) is 101 cm³/mol. The monoisotopic (exact) mass is 341 g/mol. The summed E-state index contributed by atoms with van der Waals surface area (Å²) in [7, 11) is 0. The van der Waals surface area contributed by atoms with Gasteiger partial charge in [-0.15, -0.1) is 0 Å². The van der Waals surface area contributed by atoms with Crippen molar-refractivity contribution in [2.75, 3.05) is 18.5 Å². The lowest BCUT2D eigenvalue weighted by Gasteiger charge is -2.12. The van der Waals surface area contributed by atoms with Gasteiger partial charge in [-0.2, -0.15) is 0 Å². The molecule has 0 saturated carbocycles. The van der Waals surface area contributed by atoms with E-state index in [1.165, 1.54) is 0 Å². The first kappa shape index (κ1) is 18.8. The van der Waals surface area contributed by atoms with Crippen LogP contribution in [0.1, 0.15) is 31.4 Å². The SMILES string of the molecule is Cc1cccc(OCC(=O)Nc2cccc(OCCC(C)C)c2)c1C. The molecule has 2 rings (SSSR count). The molecule has 2 aromatic rings. The van der Waals surface area contributed by atoms with Gasteiger partial charge in [0.2, 0.25) is 0 Å². The molecule has 0 unspecified atom stereocenters. The Morgan fingerprint density at radius 3 is 2.60 bits per heavy atom. The number of nitrogens with one attached hydrogen (secondary N) is 1. The number of amides is 1. The smallest absolute Gasteiger partial charge is 0.262 e. The molecule has 0 aliphatic heterocycles. The lowest BCUT2D eigenvalue weighted by atomic mass is 10.1. The van der Waals surface area contributed by atoms with Crippen LogP contribution in [-0.2, 0) is 4.79 Å². The van der Waals surface area contributed by atoms with Crippen LogP contribution < -0.4 is 14.8 Å². The van der Waals surface area contributed by atoms with E-state index in [0.717, 1.165) is 29.0 Å². The van der Waals surface area contributed by atoms with Gasteiger partial charge in [0.1, 0.15) is 11.5 Å². The van der Waals surface area contributed by atoms with E-state index in [0.29, 0.717) is 18.2 Å². The maximum absolute atomic E-state index is 12.1. The Hall–Kier alpha value is -2.49. The average molecular weight is 341 g/mol. The number of hydrogen-bond acceptors (Lipinski definition) is 3. The normalized spacial score (nSPS) is 10.6. The van der Waals surface area contributed by atoms with Gasteiger partial charge in [0.25, 0.3) is 5.91 Å². The molecule has 4 heteroatoms. The summed E-state index contributed by atoms with van der Waals surface area (Å²) in [6, 6.07) is 13.2. The standard InChI is InChI=1S/C21H27NO3/c1-15(2)11-12-24-19-9-6-8-18(13-19)22-21(23)14-25-20-10-5-7-16(3)17(20)4/h5-10,13,15H,11-12,14H2,1-4H3,(H,22,23). The molecule has 0 aromatic heterocycles. The summed E-state index contributed by atoms with van der Waals surface area (Å²) < 4.78 is 11.3. The van der Waals surface area contributed by atoms with Gasteiger partial charge in [0.05, 0.1) is 6.61 Å². The molecule has 0 spiro atoms. The van der Waals surface area contributed by atoms with Crippen LogP contribution >= 0.6 is 0 Å². The molecule has 0 fully saturated rings. The predicted octanol–water partition coefficient (Wildman–Crippen LogP) is 4.75. The minimum absolute atomic E-state index is 0.0251. The van der Waals surface area contributed by atoms with Crippen LogP contribution in [0.2, 0.25) is 0 Å². The van der Waals surface area contributed by atoms with Crippen molar-refractivity contribution < 1.29 is 14.3 Å². The van der Waals surface area contributed by atoms with Crippen molar-refractivity contribution in [1.82, 2.24) is 0 Å². The minimum atomic E-state index is -0.194. The van der Waals surface area contributed by atoms with Crippen LogP contribution in [0.3, 0.4) is 0 Å². The molecular weight excluding hydrogens is 314 g/mol. The van der Waals surface area contributed by atoms with Gasteiger partial charge in [-0.1, -0.05) is 32.0 Å². The molecule has 0 atom stereocenters.